The number of aromatic amines is 1. The fraction of sp³-hybridized carbons (Fsp3) is 0.611. The molecule has 14 nitrogen and oxygen atoms in total. The van der Waals surface area contributed by atoms with E-state index < -0.39 is 34.9 Å². The van der Waals surface area contributed by atoms with Crippen LogP contribution < -0.4 is 25.9 Å². The number of hydrogen-bond acceptors (Lipinski definition) is 8. The van der Waals surface area contributed by atoms with Gasteiger partial charge in [-0.15, -0.1) is 0 Å². The molecule has 0 aromatic carbocycles. The average molecular weight is 728 g/mol. The van der Waals surface area contributed by atoms with E-state index in [0.717, 1.165) is 38.5 Å². The molecule has 2 aromatic rings. The van der Waals surface area contributed by atoms with Crippen LogP contribution in [-0.4, -0.2) is 77.5 Å². The largest absolute Gasteiger partial charge is 0.479 e. The second-order valence-electron chi connectivity index (χ2n) is 13.6. The van der Waals surface area contributed by atoms with Gasteiger partial charge in [-0.3, -0.25) is 33.4 Å². The van der Waals surface area contributed by atoms with E-state index in [1.165, 1.54) is 21.7 Å². The molecule has 2 aromatic heterocycles. The molecule has 4 aliphatic rings. The molecule has 0 spiro atoms. The molecular formula is C36H53N7O7S. The number of nitrogens with zero attached hydrogens (tertiary/aromatic N) is 3. The Morgan fingerprint density at radius 3 is 2.59 bits per heavy atom. The number of aryl methyl sites for hydroxylation is 1. The minimum Gasteiger partial charge on any atom is -0.479 e. The van der Waals surface area contributed by atoms with Gasteiger partial charge in [0.25, 0.3) is 5.91 Å². The third-order valence-electron chi connectivity index (χ3n) is 9.67. The third-order valence-corrected chi connectivity index (χ3v) is 11.4. The smallest absolute Gasteiger partial charge is 0.272 e. The second-order valence-corrected chi connectivity index (χ2v) is 15.3. The van der Waals surface area contributed by atoms with E-state index in [-0.39, 0.29) is 51.4 Å². The van der Waals surface area contributed by atoms with Crippen molar-refractivity contribution in [1.29, 1.82) is 0 Å². The lowest BCUT2D eigenvalue weighted by molar-refractivity contribution is -0.139. The molecule has 15 heteroatoms. The van der Waals surface area contributed by atoms with Crippen LogP contribution in [0.4, 0.5) is 0 Å². The summed E-state index contributed by atoms with van der Waals surface area (Å²) in [7, 11) is 0.413. The van der Waals surface area contributed by atoms with Crippen molar-refractivity contribution >= 4 is 34.6 Å². The van der Waals surface area contributed by atoms with Crippen molar-refractivity contribution in [2.45, 2.75) is 95.9 Å². The van der Waals surface area contributed by atoms with Crippen molar-refractivity contribution in [1.82, 2.24) is 29.7 Å². The summed E-state index contributed by atoms with van der Waals surface area (Å²) in [6, 6.07) is 3.09. The van der Waals surface area contributed by atoms with Crippen LogP contribution in [0.2, 0.25) is 0 Å². The third kappa shape index (κ3) is 10.9. The number of H-pyrrole nitrogens is 1. The topological polar surface area (TPSA) is 199 Å². The highest BCUT2D eigenvalue weighted by Crippen LogP contribution is 2.46. The molecule has 280 valence electrons. The van der Waals surface area contributed by atoms with Crippen molar-refractivity contribution in [2.24, 2.45) is 36.5 Å². The second kappa shape index (κ2) is 17.8. The van der Waals surface area contributed by atoms with Crippen LogP contribution in [0.25, 0.3) is 0 Å². The zero-order valence-corrected chi connectivity index (χ0v) is 31.1. The molecule has 0 bridgehead atoms. The molecule has 4 fully saturated rings. The van der Waals surface area contributed by atoms with E-state index in [0.29, 0.717) is 31.9 Å². The summed E-state index contributed by atoms with van der Waals surface area (Å²) in [5.41, 5.74) is 5.74. The number of pyridine rings is 1. The Morgan fingerprint density at radius 2 is 1.96 bits per heavy atom. The lowest BCUT2D eigenvalue weighted by atomic mass is 10.0. The van der Waals surface area contributed by atoms with Crippen LogP contribution in [0.15, 0.2) is 47.5 Å². The first-order valence-corrected chi connectivity index (χ1v) is 19.2. The number of carbonyl (C=O) groups is 4. The summed E-state index contributed by atoms with van der Waals surface area (Å²) in [6.07, 6.45) is 13.6. The number of nitrogens with two attached hydrogens (primary N) is 1. The van der Waals surface area contributed by atoms with Crippen molar-refractivity contribution in [3.8, 4) is 5.88 Å². The molecule has 3 saturated carbocycles. The van der Waals surface area contributed by atoms with Gasteiger partial charge in [0.1, 0.15) is 28.8 Å². The van der Waals surface area contributed by atoms with E-state index in [4.69, 9.17) is 10.5 Å². The van der Waals surface area contributed by atoms with Crippen LogP contribution in [0.3, 0.4) is 0 Å². The Labute approximate surface area is 301 Å². The van der Waals surface area contributed by atoms with Crippen molar-refractivity contribution in [3.63, 3.8) is 0 Å². The minimum absolute atomic E-state index is 0.0223. The first-order chi connectivity index (χ1) is 24.4. The van der Waals surface area contributed by atoms with E-state index in [1.807, 2.05) is 27.7 Å². The van der Waals surface area contributed by atoms with Gasteiger partial charge >= 0.3 is 0 Å². The van der Waals surface area contributed by atoms with Gasteiger partial charge in [0.2, 0.25) is 17.7 Å². The molecule has 1 aliphatic heterocycles. The normalized spacial score (nSPS) is 24.9. The maximum atomic E-state index is 13.5. The number of ether oxygens (including phenoxy) is 1. The van der Waals surface area contributed by atoms with Crippen LogP contribution in [0, 0.1) is 23.7 Å². The number of amides is 4. The fourth-order valence-electron chi connectivity index (χ4n) is 6.24. The number of rotatable bonds is 14. The van der Waals surface area contributed by atoms with E-state index in [1.54, 1.807) is 25.5 Å². The SMILES string of the molecule is CC.CCOc1cc(=O)cc[nH]1.Cn1ccc(C(=O)N[C@H](C(=O)N2CCCC2C(N)=O)C2CC2CC/C=C\C2CC2C(=O)NS(=O)C2(C)CC2)n1. The van der Waals surface area contributed by atoms with Crippen molar-refractivity contribution in [2.75, 3.05) is 13.2 Å². The number of nitrogens with one attached hydrogen (secondary N) is 3. The summed E-state index contributed by atoms with van der Waals surface area (Å²) in [5.74, 6) is -0.478. The number of aromatic nitrogens is 3. The first-order valence-electron chi connectivity index (χ1n) is 18.0. The molecule has 4 amide bonds. The van der Waals surface area contributed by atoms with E-state index >= 15 is 0 Å². The molecule has 6 unspecified atom stereocenters. The quantitative estimate of drug-likeness (QED) is 0.213. The Bertz CT molecular complexity index is 1650. The van der Waals surface area contributed by atoms with Crippen LogP contribution in [0.5, 0.6) is 5.88 Å². The van der Waals surface area contributed by atoms with Crippen molar-refractivity contribution < 1.29 is 28.1 Å². The maximum absolute atomic E-state index is 13.5. The molecular weight excluding hydrogens is 675 g/mol. The van der Waals surface area contributed by atoms with Gasteiger partial charge in [-0.05, 0) is 89.0 Å². The van der Waals surface area contributed by atoms with Gasteiger partial charge < -0.3 is 25.7 Å². The van der Waals surface area contributed by atoms with E-state index in [2.05, 4.69) is 32.3 Å². The molecule has 6 rings (SSSR count). The van der Waals surface area contributed by atoms with Gasteiger partial charge in [-0.2, -0.15) is 5.10 Å². The summed E-state index contributed by atoms with van der Waals surface area (Å²) in [4.78, 5) is 65.7. The number of likely N-dealkylation sites (tertiary alicyclic amines) is 1. The van der Waals surface area contributed by atoms with Crippen LogP contribution >= 0.6 is 0 Å². The molecule has 7 atom stereocenters. The molecule has 3 aliphatic carbocycles. The highest BCUT2D eigenvalue weighted by Gasteiger charge is 2.50. The number of carbonyl (C=O) groups excluding carboxylic acids is 4. The Hall–Kier alpha value is -4.27. The van der Waals surface area contributed by atoms with Gasteiger partial charge in [0, 0.05) is 44.0 Å². The zero-order valence-electron chi connectivity index (χ0n) is 30.3. The Kier molecular flexibility index (Phi) is 13.8. The fourth-order valence-corrected chi connectivity index (χ4v) is 7.30. The zero-order chi connectivity index (χ0) is 37.3. The van der Waals surface area contributed by atoms with Crippen LogP contribution in [0.1, 0.15) is 89.5 Å². The molecule has 5 N–H and O–H groups in total. The van der Waals surface area contributed by atoms with Gasteiger partial charge in [0.15, 0.2) is 11.3 Å². The highest BCUT2D eigenvalue weighted by atomic mass is 32.2. The number of hydrogen-bond donors (Lipinski definition) is 4. The van der Waals surface area contributed by atoms with Gasteiger partial charge in [0.05, 0.1) is 11.4 Å². The summed E-state index contributed by atoms with van der Waals surface area (Å²) < 4.78 is 21.2. The Balaban J connectivity index is 0.000000416. The lowest BCUT2D eigenvalue weighted by Crippen LogP contribution is -2.54. The summed E-state index contributed by atoms with van der Waals surface area (Å²) >= 11 is 0. The highest BCUT2D eigenvalue weighted by molar-refractivity contribution is 7.85. The molecule has 1 saturated heterocycles. The number of primary amides is 1. The number of allylic oxidation sites excluding steroid dienone is 2. The molecule has 0 radical (unpaired) electrons. The maximum Gasteiger partial charge on any atom is 0.272 e. The van der Waals surface area contributed by atoms with Gasteiger partial charge in [-0.25, -0.2) is 4.21 Å². The average Bonchev–Trinajstić information content (AvgIpc) is 4.07. The predicted molar refractivity (Wildman–Crippen MR) is 193 cm³/mol. The lowest BCUT2D eigenvalue weighted by Gasteiger charge is -2.28. The summed E-state index contributed by atoms with van der Waals surface area (Å²) in [6.45, 7) is 8.82. The van der Waals surface area contributed by atoms with E-state index in [9.17, 15) is 28.2 Å². The van der Waals surface area contributed by atoms with Crippen LogP contribution in [-0.2, 0) is 32.4 Å². The van der Waals surface area contributed by atoms with Crippen molar-refractivity contribution in [3.05, 3.63) is 58.7 Å². The standard InChI is InChI=1S/C27H38N6O5S.C7H9NO2.C2H6/c1-27(10-11-27)39(38)31-24(35)19-15-17(19)7-4-3-6-16-14-18(16)22(29-25(36)20-9-13-32(2)30-20)26(37)33-12-5-8-21(33)23(28)34;1-2-10-7-5-6(9)3-4-8-7;1-2/h4,7,9,13,16-19,21-22H,3,5-6,8,10-12,14-15H2,1-2H3,(H2,28,34)(H,29,36)(H,31,35);3-5H,2H2,1H3,(H,8,9);1-2H3/b7-4-;;/t16?,17?,18?,19?,21?,22-,39?;;/m0../s1. The molecule has 3 heterocycles. The van der Waals surface area contributed by atoms with Gasteiger partial charge in [-0.1, -0.05) is 26.0 Å². The Morgan fingerprint density at radius 1 is 1.22 bits per heavy atom. The summed E-state index contributed by atoms with van der Waals surface area (Å²) in [5, 5.41) is 7.04. The molecule has 51 heavy (non-hydrogen) atoms. The first kappa shape index (κ1) is 39.5. The monoisotopic (exact) mass is 727 g/mol. The predicted octanol–water partition coefficient (Wildman–Crippen LogP) is 2.74. The minimum atomic E-state index is -1.31.